The highest BCUT2D eigenvalue weighted by Gasteiger charge is 2.38. The zero-order valence-corrected chi connectivity index (χ0v) is 17.9. The second-order valence-electron chi connectivity index (χ2n) is 7.41. The number of methoxy groups -OCH3 is 1. The number of allylic oxidation sites excluding steroid dienone is 1. The zero-order valence-electron chi connectivity index (χ0n) is 17.2. The molecule has 0 unspecified atom stereocenters. The number of hydrogen-bond acceptors (Lipinski definition) is 7. The van der Waals surface area contributed by atoms with Gasteiger partial charge in [0.25, 0.3) is 0 Å². The highest BCUT2D eigenvalue weighted by Crippen LogP contribution is 2.37. The first-order valence-electron chi connectivity index (χ1n) is 9.68. The molecule has 158 valence electrons. The third-order valence-corrected chi connectivity index (χ3v) is 5.43. The van der Waals surface area contributed by atoms with Gasteiger partial charge in [0.05, 0.1) is 12.7 Å². The topological polar surface area (TPSA) is 99.0 Å². The maximum atomic E-state index is 13.6. The van der Waals surface area contributed by atoms with E-state index in [0.717, 1.165) is 11.1 Å². The summed E-state index contributed by atoms with van der Waals surface area (Å²) in [6.07, 6.45) is 0. The predicted molar refractivity (Wildman–Crippen MR) is 115 cm³/mol. The molecule has 31 heavy (non-hydrogen) atoms. The molecule has 0 amide bonds. The van der Waals surface area contributed by atoms with E-state index in [1.807, 2.05) is 24.3 Å². The Morgan fingerprint density at radius 1 is 1.10 bits per heavy atom. The number of anilines is 1. The number of nitrogens with one attached hydrogen (secondary N) is 1. The molecule has 2 aromatic carbocycles. The minimum Gasteiger partial charge on any atom is -0.464 e. The van der Waals surface area contributed by atoms with Crippen molar-refractivity contribution in [3.63, 3.8) is 0 Å². The quantitative estimate of drug-likeness (QED) is 0.479. The van der Waals surface area contributed by atoms with Gasteiger partial charge in [-0.25, -0.2) is 4.79 Å². The number of ether oxygens (including phenoxy) is 1. The lowest BCUT2D eigenvalue weighted by molar-refractivity contribution is -0.136. The molecule has 9 heteroatoms. The van der Waals surface area contributed by atoms with Crippen LogP contribution in [0.1, 0.15) is 47.3 Å². The van der Waals surface area contributed by atoms with Gasteiger partial charge in [-0.15, -0.1) is 0 Å². The Morgan fingerprint density at radius 2 is 1.77 bits per heavy atom. The molecule has 0 fully saturated rings. The minimum atomic E-state index is -0.718. The van der Waals surface area contributed by atoms with E-state index in [0.29, 0.717) is 16.5 Å². The fourth-order valence-corrected chi connectivity index (χ4v) is 3.64. The number of tetrazole rings is 1. The van der Waals surface area contributed by atoms with Gasteiger partial charge in [0.15, 0.2) is 5.78 Å². The third kappa shape index (κ3) is 3.82. The minimum absolute atomic E-state index is 0.00249. The summed E-state index contributed by atoms with van der Waals surface area (Å²) in [6, 6.07) is 13.6. The van der Waals surface area contributed by atoms with E-state index in [1.54, 1.807) is 24.3 Å². The zero-order chi connectivity index (χ0) is 22.1. The maximum Gasteiger partial charge on any atom is 0.355 e. The van der Waals surface area contributed by atoms with Crippen LogP contribution in [-0.2, 0) is 9.53 Å². The molecule has 3 aromatic rings. The van der Waals surface area contributed by atoms with Crippen molar-refractivity contribution in [2.24, 2.45) is 0 Å². The number of halogens is 1. The third-order valence-electron chi connectivity index (χ3n) is 5.18. The summed E-state index contributed by atoms with van der Waals surface area (Å²) in [5.74, 6) is -0.452. The van der Waals surface area contributed by atoms with Crippen molar-refractivity contribution in [3.8, 4) is 0 Å². The Morgan fingerprint density at radius 3 is 2.39 bits per heavy atom. The number of hydrogen-bond donors (Lipinski definition) is 1. The Bertz CT molecular complexity index is 1170. The standard InChI is InChI=1S/C22H20ClN5O3/c1-12(2)13-4-6-14(7-5-13)19-17(20(29)15-8-10-16(23)11-9-15)18(21(30)31-3)24-22-25-26-27-28(19)22/h4-12,19H,1-3H3,(H,24,25,27)/t19-/m0/s1. The van der Waals surface area contributed by atoms with Gasteiger partial charge < -0.3 is 10.1 Å². The van der Waals surface area contributed by atoms with E-state index < -0.39 is 12.0 Å². The van der Waals surface area contributed by atoms with Crippen molar-refractivity contribution < 1.29 is 14.3 Å². The molecule has 0 spiro atoms. The summed E-state index contributed by atoms with van der Waals surface area (Å²) in [5, 5.41) is 15.1. The fraction of sp³-hybridized carbons (Fsp3) is 0.227. The Balaban J connectivity index is 1.91. The van der Waals surface area contributed by atoms with Crippen LogP contribution in [0.3, 0.4) is 0 Å². The van der Waals surface area contributed by atoms with Gasteiger partial charge in [-0.1, -0.05) is 54.8 Å². The van der Waals surface area contributed by atoms with Crippen LogP contribution in [0.2, 0.25) is 5.02 Å². The van der Waals surface area contributed by atoms with E-state index in [9.17, 15) is 9.59 Å². The number of benzene rings is 2. The number of ketones is 1. The van der Waals surface area contributed by atoms with Gasteiger partial charge in [0.2, 0.25) is 5.95 Å². The highest BCUT2D eigenvalue weighted by atomic mass is 35.5. The van der Waals surface area contributed by atoms with Gasteiger partial charge in [-0.2, -0.15) is 4.68 Å². The number of aromatic nitrogens is 4. The number of rotatable bonds is 5. The van der Waals surface area contributed by atoms with Crippen LogP contribution in [0.4, 0.5) is 5.95 Å². The van der Waals surface area contributed by atoms with Crippen LogP contribution in [-0.4, -0.2) is 39.1 Å². The Hall–Kier alpha value is -3.52. The van der Waals surface area contributed by atoms with Gasteiger partial charge in [-0.05, 0) is 51.7 Å². The van der Waals surface area contributed by atoms with Gasteiger partial charge >= 0.3 is 5.97 Å². The first kappa shape index (κ1) is 20.7. The average molecular weight is 438 g/mol. The summed E-state index contributed by atoms with van der Waals surface area (Å²) in [5.41, 5.74) is 2.48. The van der Waals surface area contributed by atoms with E-state index >= 15 is 0 Å². The molecule has 0 aliphatic carbocycles. The summed E-state index contributed by atoms with van der Waals surface area (Å²) >= 11 is 5.98. The van der Waals surface area contributed by atoms with Gasteiger partial charge in [0, 0.05) is 10.6 Å². The molecule has 1 N–H and O–H groups in total. The highest BCUT2D eigenvalue weighted by molar-refractivity contribution is 6.30. The van der Waals surface area contributed by atoms with Crippen molar-refractivity contribution in [2.45, 2.75) is 25.8 Å². The largest absolute Gasteiger partial charge is 0.464 e. The van der Waals surface area contributed by atoms with E-state index in [2.05, 4.69) is 34.7 Å². The van der Waals surface area contributed by atoms with Crippen molar-refractivity contribution in [2.75, 3.05) is 12.4 Å². The van der Waals surface area contributed by atoms with Crippen LogP contribution in [0.25, 0.3) is 0 Å². The van der Waals surface area contributed by atoms with Crippen LogP contribution in [0, 0.1) is 0 Å². The van der Waals surface area contributed by atoms with E-state index in [1.165, 1.54) is 11.8 Å². The first-order valence-corrected chi connectivity index (χ1v) is 10.1. The normalized spacial score (nSPS) is 15.5. The monoisotopic (exact) mass is 437 g/mol. The average Bonchev–Trinajstić information content (AvgIpc) is 3.25. The molecule has 0 saturated carbocycles. The maximum absolute atomic E-state index is 13.6. The van der Waals surface area contributed by atoms with Crippen LogP contribution in [0.15, 0.2) is 59.8 Å². The molecular formula is C22H20ClN5O3. The van der Waals surface area contributed by atoms with Gasteiger partial charge in [0.1, 0.15) is 11.7 Å². The Kier molecular flexibility index (Phi) is 5.56. The lowest BCUT2D eigenvalue weighted by Crippen LogP contribution is -2.33. The molecule has 1 aliphatic rings. The number of nitrogens with zero attached hydrogens (tertiary/aromatic N) is 4. The van der Waals surface area contributed by atoms with Crippen LogP contribution < -0.4 is 5.32 Å². The summed E-state index contributed by atoms with van der Waals surface area (Å²) in [6.45, 7) is 4.20. The van der Waals surface area contributed by atoms with E-state index in [-0.39, 0.29) is 23.0 Å². The molecule has 1 aliphatic heterocycles. The SMILES string of the molecule is COC(=O)C1=C(C(=O)c2ccc(Cl)cc2)[C@H](c2ccc(C(C)C)cc2)n2nnnc2N1. The summed E-state index contributed by atoms with van der Waals surface area (Å²) in [7, 11) is 1.26. The predicted octanol–water partition coefficient (Wildman–Crippen LogP) is 3.77. The summed E-state index contributed by atoms with van der Waals surface area (Å²) < 4.78 is 6.43. The molecule has 8 nitrogen and oxygen atoms in total. The molecule has 0 saturated heterocycles. The molecule has 0 radical (unpaired) electrons. The second-order valence-corrected chi connectivity index (χ2v) is 7.85. The first-order chi connectivity index (χ1) is 14.9. The second kappa shape index (κ2) is 8.31. The lowest BCUT2D eigenvalue weighted by atomic mass is 9.88. The molecule has 2 heterocycles. The number of fused-ring (bicyclic) bond motifs is 1. The Labute approximate surface area is 183 Å². The molecule has 4 rings (SSSR count). The van der Waals surface area contributed by atoms with Crippen LogP contribution >= 0.6 is 11.6 Å². The molecule has 1 aromatic heterocycles. The lowest BCUT2D eigenvalue weighted by Gasteiger charge is -2.28. The van der Waals surface area contributed by atoms with Crippen molar-refractivity contribution >= 4 is 29.3 Å². The molecule has 0 bridgehead atoms. The van der Waals surface area contributed by atoms with Gasteiger partial charge in [-0.3, -0.25) is 4.79 Å². The summed E-state index contributed by atoms with van der Waals surface area (Å²) in [4.78, 5) is 26.2. The van der Waals surface area contributed by atoms with Crippen LogP contribution in [0.5, 0.6) is 0 Å². The fourth-order valence-electron chi connectivity index (χ4n) is 3.52. The number of Topliss-reactive ketones (excluding diaryl/α,β-unsaturated/α-hetero) is 1. The smallest absolute Gasteiger partial charge is 0.355 e. The van der Waals surface area contributed by atoms with E-state index in [4.69, 9.17) is 16.3 Å². The van der Waals surface area contributed by atoms with Crippen molar-refractivity contribution in [3.05, 3.63) is 81.5 Å². The number of esters is 1. The number of carbonyl (C=O) groups excluding carboxylic acids is 2. The van der Waals surface area contributed by atoms with Crippen molar-refractivity contribution in [1.29, 1.82) is 0 Å². The molecule has 1 atom stereocenters. The molecular weight excluding hydrogens is 418 g/mol. The number of carbonyl (C=O) groups is 2. The van der Waals surface area contributed by atoms with Crippen molar-refractivity contribution in [1.82, 2.24) is 20.2 Å².